The van der Waals surface area contributed by atoms with Crippen molar-refractivity contribution in [3.8, 4) is 11.5 Å². The fraction of sp³-hybridized carbons (Fsp3) is 0.520. The molecule has 1 aromatic heterocycles. The van der Waals surface area contributed by atoms with Crippen LogP contribution in [0.1, 0.15) is 67.8 Å². The highest BCUT2D eigenvalue weighted by atomic mass is 16.7. The molecule has 186 valence electrons. The van der Waals surface area contributed by atoms with Crippen LogP contribution in [0, 0.1) is 5.92 Å². The Morgan fingerprint density at radius 2 is 1.91 bits per heavy atom. The number of fused-ring (bicyclic) bond motifs is 1. The second-order valence-electron chi connectivity index (χ2n) is 9.67. The van der Waals surface area contributed by atoms with Crippen LogP contribution >= 0.6 is 0 Å². The van der Waals surface area contributed by atoms with Gasteiger partial charge in [0.05, 0.1) is 6.54 Å². The molecule has 10 nitrogen and oxygen atoms in total. The number of nitrogens with one attached hydrogen (secondary N) is 1. The van der Waals surface area contributed by atoms with Crippen LogP contribution in [0.3, 0.4) is 0 Å². The van der Waals surface area contributed by atoms with E-state index in [-0.39, 0.29) is 37.0 Å². The maximum atomic E-state index is 13.6. The van der Waals surface area contributed by atoms with Crippen LogP contribution in [0.25, 0.3) is 0 Å². The van der Waals surface area contributed by atoms with E-state index in [9.17, 15) is 14.4 Å². The number of hydrogen-bond acceptors (Lipinski definition) is 7. The van der Waals surface area contributed by atoms with Gasteiger partial charge in [0.1, 0.15) is 11.3 Å². The first-order chi connectivity index (χ1) is 16.8. The van der Waals surface area contributed by atoms with Crippen LogP contribution < -0.4 is 14.8 Å². The maximum Gasteiger partial charge on any atom is 0.325 e. The van der Waals surface area contributed by atoms with E-state index in [0.29, 0.717) is 55.3 Å². The normalized spacial score (nSPS) is 22.3. The zero-order valence-corrected chi connectivity index (χ0v) is 20.2. The van der Waals surface area contributed by atoms with E-state index in [1.165, 1.54) is 4.90 Å². The van der Waals surface area contributed by atoms with Crippen molar-refractivity contribution < 1.29 is 28.4 Å². The number of nitrogens with zero attached hydrogens (tertiary/aromatic N) is 3. The van der Waals surface area contributed by atoms with Crippen molar-refractivity contribution in [1.82, 2.24) is 20.3 Å². The van der Waals surface area contributed by atoms with Gasteiger partial charge in [-0.25, -0.2) is 4.79 Å². The van der Waals surface area contributed by atoms with Crippen molar-refractivity contribution in [2.24, 2.45) is 5.92 Å². The number of imide groups is 1. The third-order valence-electron chi connectivity index (χ3n) is 7.33. The molecule has 2 saturated heterocycles. The molecule has 3 aliphatic rings. The topological polar surface area (TPSA) is 114 Å². The quantitative estimate of drug-likeness (QED) is 0.629. The standard InChI is InChI=1S/C25H30N4O6/c1-4-25(17-7-9-28(10-8-17)22(30)18-12-20(15(2)3)35-27-18)23(31)29(24(32)26-25)13-16-5-6-19-21(11-16)34-14-33-19/h5-6,11-12,15,17H,4,7-10,13-14H2,1-3H3,(H,26,32). The lowest BCUT2D eigenvalue weighted by molar-refractivity contribution is -0.134. The second kappa shape index (κ2) is 8.90. The van der Waals surface area contributed by atoms with Crippen molar-refractivity contribution in [3.05, 3.63) is 41.3 Å². The third-order valence-corrected chi connectivity index (χ3v) is 7.33. The number of carbonyl (C=O) groups is 3. The first-order valence-electron chi connectivity index (χ1n) is 12.1. The van der Waals surface area contributed by atoms with Crippen LogP contribution in [0.5, 0.6) is 11.5 Å². The van der Waals surface area contributed by atoms with Crippen molar-refractivity contribution in [2.75, 3.05) is 19.9 Å². The van der Waals surface area contributed by atoms with E-state index in [0.717, 1.165) is 5.56 Å². The average Bonchev–Trinajstić information content (AvgIpc) is 3.59. The number of hydrogen-bond donors (Lipinski definition) is 1. The fourth-order valence-corrected chi connectivity index (χ4v) is 5.21. The summed E-state index contributed by atoms with van der Waals surface area (Å²) < 4.78 is 16.0. The molecule has 5 rings (SSSR count). The maximum absolute atomic E-state index is 13.6. The van der Waals surface area contributed by atoms with E-state index in [1.54, 1.807) is 23.1 Å². The van der Waals surface area contributed by atoms with E-state index in [2.05, 4.69) is 10.5 Å². The van der Waals surface area contributed by atoms with Gasteiger partial charge in [-0.05, 0) is 42.9 Å². The molecule has 0 aliphatic carbocycles. The molecule has 10 heteroatoms. The monoisotopic (exact) mass is 482 g/mol. The molecule has 0 radical (unpaired) electrons. The molecular weight excluding hydrogens is 452 g/mol. The van der Waals surface area contributed by atoms with Crippen LogP contribution in [-0.4, -0.2) is 58.2 Å². The molecule has 1 unspecified atom stereocenters. The Kier molecular flexibility index (Phi) is 5.90. The lowest BCUT2D eigenvalue weighted by Crippen LogP contribution is -2.56. The number of likely N-dealkylation sites (tertiary alicyclic amines) is 1. The van der Waals surface area contributed by atoms with E-state index >= 15 is 0 Å². The Morgan fingerprint density at radius 1 is 1.17 bits per heavy atom. The Balaban J connectivity index is 1.26. The number of carbonyl (C=O) groups excluding carboxylic acids is 3. The Bertz CT molecular complexity index is 1150. The Morgan fingerprint density at radius 3 is 2.60 bits per heavy atom. The smallest absolute Gasteiger partial charge is 0.325 e. The van der Waals surface area contributed by atoms with Crippen LogP contribution in [0.2, 0.25) is 0 Å². The first-order valence-corrected chi connectivity index (χ1v) is 12.1. The van der Waals surface area contributed by atoms with Crippen molar-refractivity contribution in [3.63, 3.8) is 0 Å². The number of urea groups is 1. The largest absolute Gasteiger partial charge is 0.454 e. The minimum atomic E-state index is -0.971. The van der Waals surface area contributed by atoms with Gasteiger partial charge in [-0.3, -0.25) is 14.5 Å². The molecule has 1 atom stereocenters. The lowest BCUT2D eigenvalue weighted by atomic mass is 9.75. The predicted molar refractivity (Wildman–Crippen MR) is 124 cm³/mol. The van der Waals surface area contributed by atoms with Gasteiger partial charge in [0, 0.05) is 25.1 Å². The lowest BCUT2D eigenvalue weighted by Gasteiger charge is -2.40. The molecule has 1 N–H and O–H groups in total. The third kappa shape index (κ3) is 4.00. The minimum Gasteiger partial charge on any atom is -0.454 e. The molecular formula is C25H30N4O6. The van der Waals surface area contributed by atoms with Gasteiger partial charge in [-0.15, -0.1) is 0 Å². The van der Waals surface area contributed by atoms with Crippen LogP contribution in [0.4, 0.5) is 4.79 Å². The summed E-state index contributed by atoms with van der Waals surface area (Å²) in [4.78, 5) is 42.4. The molecule has 3 aliphatic heterocycles. The Hall–Kier alpha value is -3.56. The van der Waals surface area contributed by atoms with E-state index in [4.69, 9.17) is 14.0 Å². The highest BCUT2D eigenvalue weighted by Gasteiger charge is 2.55. The van der Waals surface area contributed by atoms with Crippen LogP contribution in [-0.2, 0) is 11.3 Å². The summed E-state index contributed by atoms with van der Waals surface area (Å²) in [6.45, 7) is 7.17. The molecule has 1 aromatic carbocycles. The molecule has 0 saturated carbocycles. The number of rotatable bonds is 6. The number of ether oxygens (including phenoxy) is 2. The molecule has 0 spiro atoms. The molecule has 2 aromatic rings. The van der Waals surface area contributed by atoms with Gasteiger partial charge >= 0.3 is 6.03 Å². The molecule has 35 heavy (non-hydrogen) atoms. The second-order valence-corrected chi connectivity index (χ2v) is 9.67. The molecule has 0 bridgehead atoms. The Labute approximate surface area is 203 Å². The van der Waals surface area contributed by atoms with Gasteiger partial charge < -0.3 is 24.2 Å². The summed E-state index contributed by atoms with van der Waals surface area (Å²) in [6, 6.07) is 6.72. The van der Waals surface area contributed by atoms with Crippen LogP contribution in [0.15, 0.2) is 28.8 Å². The summed E-state index contributed by atoms with van der Waals surface area (Å²) >= 11 is 0. The number of benzene rings is 1. The van der Waals surface area contributed by atoms with Gasteiger partial charge in [-0.2, -0.15) is 0 Å². The summed E-state index contributed by atoms with van der Waals surface area (Å²) in [5.41, 5.74) is 0.123. The zero-order chi connectivity index (χ0) is 24.7. The van der Waals surface area contributed by atoms with Crippen molar-refractivity contribution >= 4 is 17.8 Å². The SMILES string of the molecule is CCC1(C2CCN(C(=O)c3cc(C(C)C)on3)CC2)NC(=O)N(Cc2ccc3c(c2)OCO3)C1=O. The van der Waals surface area contributed by atoms with Crippen molar-refractivity contribution in [2.45, 2.75) is 58.0 Å². The van der Waals surface area contributed by atoms with Gasteiger partial charge in [0.2, 0.25) is 6.79 Å². The number of aromatic nitrogens is 1. The molecule has 2 fully saturated rings. The first kappa shape index (κ1) is 23.2. The molecule has 4 amide bonds. The number of piperidine rings is 1. The molecule has 4 heterocycles. The van der Waals surface area contributed by atoms with E-state index in [1.807, 2.05) is 26.8 Å². The summed E-state index contributed by atoms with van der Waals surface area (Å²) in [5.74, 6) is 1.63. The van der Waals surface area contributed by atoms with Gasteiger partial charge in [0.25, 0.3) is 11.8 Å². The fourth-order valence-electron chi connectivity index (χ4n) is 5.21. The minimum absolute atomic E-state index is 0.0710. The highest BCUT2D eigenvalue weighted by molar-refractivity contribution is 6.07. The number of amides is 4. The van der Waals surface area contributed by atoms with Gasteiger partial charge in [-0.1, -0.05) is 32.0 Å². The predicted octanol–water partition coefficient (Wildman–Crippen LogP) is 3.28. The van der Waals surface area contributed by atoms with Gasteiger partial charge in [0.15, 0.2) is 17.2 Å². The zero-order valence-electron chi connectivity index (χ0n) is 20.2. The highest BCUT2D eigenvalue weighted by Crippen LogP contribution is 2.38. The van der Waals surface area contributed by atoms with Crippen molar-refractivity contribution in [1.29, 1.82) is 0 Å². The van der Waals surface area contributed by atoms with E-state index < -0.39 is 11.6 Å². The average molecular weight is 483 g/mol. The summed E-state index contributed by atoms with van der Waals surface area (Å²) in [5, 5.41) is 6.93. The summed E-state index contributed by atoms with van der Waals surface area (Å²) in [7, 11) is 0. The summed E-state index contributed by atoms with van der Waals surface area (Å²) in [6.07, 6.45) is 1.70.